The van der Waals surface area contributed by atoms with E-state index in [-0.39, 0.29) is 11.9 Å². The van der Waals surface area contributed by atoms with Gasteiger partial charge in [-0.05, 0) is 19.3 Å². The van der Waals surface area contributed by atoms with Gasteiger partial charge in [0.1, 0.15) is 0 Å². The lowest BCUT2D eigenvalue weighted by molar-refractivity contribution is 0.176. The highest BCUT2D eigenvalue weighted by Crippen LogP contribution is 2.15. The zero-order chi connectivity index (χ0) is 11.1. The molecule has 84 valence electrons. The maximum atomic E-state index is 11.6. The van der Waals surface area contributed by atoms with Crippen molar-refractivity contribution in [3.63, 3.8) is 0 Å². The second kappa shape index (κ2) is 6.28. The van der Waals surface area contributed by atoms with E-state index in [1.54, 1.807) is 4.90 Å². The summed E-state index contributed by atoms with van der Waals surface area (Å²) in [4.78, 5) is 13.4. The molecule has 4 nitrogen and oxygen atoms in total. The lowest BCUT2D eigenvalue weighted by Crippen LogP contribution is -2.45. The zero-order valence-electron chi connectivity index (χ0n) is 9.33. The van der Waals surface area contributed by atoms with Crippen molar-refractivity contribution in [3.8, 4) is 6.07 Å². The molecule has 1 rings (SSSR count). The van der Waals surface area contributed by atoms with Gasteiger partial charge in [0, 0.05) is 19.6 Å². The van der Waals surface area contributed by atoms with Crippen molar-refractivity contribution in [1.29, 1.82) is 5.26 Å². The minimum absolute atomic E-state index is 0.0107. The summed E-state index contributed by atoms with van der Waals surface area (Å²) in [6.07, 6.45) is 3.97. The van der Waals surface area contributed by atoms with Gasteiger partial charge < -0.3 is 10.2 Å². The lowest BCUT2D eigenvalue weighted by Gasteiger charge is -2.29. The molecular weight excluding hydrogens is 190 g/mol. The Morgan fingerprint density at radius 3 is 3.13 bits per heavy atom. The number of nitriles is 1. The van der Waals surface area contributed by atoms with Crippen molar-refractivity contribution >= 4 is 6.03 Å². The molecule has 1 saturated heterocycles. The van der Waals surface area contributed by atoms with E-state index < -0.39 is 0 Å². The van der Waals surface area contributed by atoms with Crippen LogP contribution >= 0.6 is 0 Å². The van der Waals surface area contributed by atoms with Gasteiger partial charge in [0.05, 0.1) is 12.0 Å². The molecule has 1 heterocycles. The van der Waals surface area contributed by atoms with Gasteiger partial charge in [0.25, 0.3) is 0 Å². The molecule has 4 heteroatoms. The van der Waals surface area contributed by atoms with Gasteiger partial charge in [-0.25, -0.2) is 4.79 Å². The van der Waals surface area contributed by atoms with E-state index in [4.69, 9.17) is 5.26 Å². The fourth-order valence-electron chi connectivity index (χ4n) is 1.75. The summed E-state index contributed by atoms with van der Waals surface area (Å²) in [5.74, 6) is 0.0238. The van der Waals surface area contributed by atoms with Crippen molar-refractivity contribution in [3.05, 3.63) is 0 Å². The first-order valence-electron chi connectivity index (χ1n) is 5.70. The van der Waals surface area contributed by atoms with Crippen molar-refractivity contribution in [1.82, 2.24) is 10.2 Å². The molecule has 0 aromatic carbocycles. The first kappa shape index (κ1) is 11.8. The molecule has 0 spiro atoms. The van der Waals surface area contributed by atoms with E-state index in [1.165, 1.54) is 0 Å². The van der Waals surface area contributed by atoms with E-state index in [0.29, 0.717) is 6.54 Å². The van der Waals surface area contributed by atoms with Gasteiger partial charge in [0.2, 0.25) is 0 Å². The van der Waals surface area contributed by atoms with Crippen molar-refractivity contribution in [2.75, 3.05) is 19.6 Å². The highest BCUT2D eigenvalue weighted by atomic mass is 16.2. The van der Waals surface area contributed by atoms with Crippen LogP contribution in [0.4, 0.5) is 4.79 Å². The molecular formula is C11H19N3O. The van der Waals surface area contributed by atoms with Crippen molar-refractivity contribution < 1.29 is 4.79 Å². The molecule has 2 amide bonds. The summed E-state index contributed by atoms with van der Waals surface area (Å²) in [6.45, 7) is 4.21. The summed E-state index contributed by atoms with van der Waals surface area (Å²) in [5, 5.41) is 11.7. The van der Waals surface area contributed by atoms with Gasteiger partial charge in [-0.2, -0.15) is 5.26 Å². The number of piperidine rings is 1. The van der Waals surface area contributed by atoms with Crippen molar-refractivity contribution in [2.45, 2.75) is 32.6 Å². The van der Waals surface area contributed by atoms with E-state index in [9.17, 15) is 4.79 Å². The summed E-state index contributed by atoms with van der Waals surface area (Å²) >= 11 is 0. The Morgan fingerprint density at radius 1 is 1.67 bits per heavy atom. The largest absolute Gasteiger partial charge is 0.338 e. The second-order valence-electron chi connectivity index (χ2n) is 4.00. The first-order chi connectivity index (χ1) is 7.27. The summed E-state index contributed by atoms with van der Waals surface area (Å²) in [5.41, 5.74) is 0. The van der Waals surface area contributed by atoms with E-state index >= 15 is 0 Å². The van der Waals surface area contributed by atoms with Crippen LogP contribution in [0.15, 0.2) is 0 Å². The highest BCUT2D eigenvalue weighted by Gasteiger charge is 2.22. The van der Waals surface area contributed by atoms with Crippen LogP contribution in [0.2, 0.25) is 0 Å². The average Bonchev–Trinajstić information content (AvgIpc) is 2.29. The molecule has 1 fully saturated rings. The third-order valence-corrected chi connectivity index (χ3v) is 2.70. The van der Waals surface area contributed by atoms with Crippen LogP contribution in [-0.2, 0) is 0 Å². The van der Waals surface area contributed by atoms with Gasteiger partial charge in [-0.1, -0.05) is 13.3 Å². The number of hydrogen-bond donors (Lipinski definition) is 1. The zero-order valence-corrected chi connectivity index (χ0v) is 9.33. The number of likely N-dealkylation sites (tertiary alicyclic amines) is 1. The summed E-state index contributed by atoms with van der Waals surface area (Å²) < 4.78 is 0. The van der Waals surface area contributed by atoms with Crippen LogP contribution in [-0.4, -0.2) is 30.6 Å². The molecule has 1 atom stereocenters. The average molecular weight is 209 g/mol. The Kier molecular flexibility index (Phi) is 4.96. The van der Waals surface area contributed by atoms with Gasteiger partial charge in [-0.3, -0.25) is 0 Å². The number of unbranched alkanes of at least 4 members (excludes halogenated alkanes) is 1. The number of nitrogens with zero attached hydrogens (tertiary/aromatic N) is 2. The lowest BCUT2D eigenvalue weighted by atomic mass is 10.0. The Labute approximate surface area is 91.2 Å². The number of carbonyl (C=O) groups is 1. The molecule has 1 unspecified atom stereocenters. The molecule has 0 bridgehead atoms. The second-order valence-corrected chi connectivity index (χ2v) is 4.00. The molecule has 0 aromatic heterocycles. The Balaban J connectivity index is 2.29. The quantitative estimate of drug-likeness (QED) is 0.720. The van der Waals surface area contributed by atoms with Crippen LogP contribution in [0.25, 0.3) is 0 Å². The molecule has 0 radical (unpaired) electrons. The standard InChI is InChI=1S/C11H19N3O/c1-2-3-6-13-11(15)14-7-4-5-10(8-12)9-14/h10H,2-7,9H2,1H3,(H,13,15). The summed E-state index contributed by atoms with van der Waals surface area (Å²) in [7, 11) is 0. The van der Waals surface area contributed by atoms with Crippen LogP contribution in [0.1, 0.15) is 32.6 Å². The predicted molar refractivity (Wildman–Crippen MR) is 58.2 cm³/mol. The van der Waals surface area contributed by atoms with Crippen LogP contribution in [0.3, 0.4) is 0 Å². The predicted octanol–water partition coefficient (Wildman–Crippen LogP) is 1.73. The fourth-order valence-corrected chi connectivity index (χ4v) is 1.75. The van der Waals surface area contributed by atoms with Gasteiger partial charge >= 0.3 is 6.03 Å². The Bertz CT molecular complexity index is 247. The molecule has 1 aliphatic heterocycles. The molecule has 0 saturated carbocycles. The van der Waals surface area contributed by atoms with E-state index in [1.807, 2.05) is 0 Å². The fraction of sp³-hybridized carbons (Fsp3) is 0.818. The maximum Gasteiger partial charge on any atom is 0.317 e. The van der Waals surface area contributed by atoms with Gasteiger partial charge in [0.15, 0.2) is 0 Å². The third kappa shape index (κ3) is 3.78. The van der Waals surface area contributed by atoms with Crippen LogP contribution in [0, 0.1) is 17.2 Å². The molecule has 1 N–H and O–H groups in total. The normalized spacial score (nSPS) is 20.8. The first-order valence-corrected chi connectivity index (χ1v) is 5.70. The number of urea groups is 1. The molecule has 1 aliphatic rings. The Hall–Kier alpha value is -1.24. The monoisotopic (exact) mass is 209 g/mol. The van der Waals surface area contributed by atoms with Crippen LogP contribution < -0.4 is 5.32 Å². The minimum Gasteiger partial charge on any atom is -0.338 e. The number of rotatable bonds is 3. The molecule has 0 aromatic rings. The smallest absolute Gasteiger partial charge is 0.317 e. The minimum atomic E-state index is -0.0107. The highest BCUT2D eigenvalue weighted by molar-refractivity contribution is 5.74. The number of amides is 2. The van der Waals surface area contributed by atoms with Gasteiger partial charge in [-0.15, -0.1) is 0 Å². The number of hydrogen-bond acceptors (Lipinski definition) is 2. The van der Waals surface area contributed by atoms with Crippen molar-refractivity contribution in [2.24, 2.45) is 5.92 Å². The van der Waals surface area contributed by atoms with E-state index in [0.717, 1.165) is 38.8 Å². The number of carbonyl (C=O) groups excluding carboxylic acids is 1. The van der Waals surface area contributed by atoms with E-state index in [2.05, 4.69) is 18.3 Å². The third-order valence-electron chi connectivity index (χ3n) is 2.70. The maximum absolute atomic E-state index is 11.6. The Morgan fingerprint density at radius 2 is 2.47 bits per heavy atom. The topological polar surface area (TPSA) is 56.1 Å². The molecule has 15 heavy (non-hydrogen) atoms. The molecule has 0 aliphatic carbocycles. The SMILES string of the molecule is CCCCNC(=O)N1CCCC(C#N)C1. The van der Waals surface area contributed by atoms with Crippen LogP contribution in [0.5, 0.6) is 0 Å². The number of nitrogens with one attached hydrogen (secondary N) is 1. The summed E-state index contributed by atoms with van der Waals surface area (Å²) in [6, 6.07) is 2.22.